The highest BCUT2D eigenvalue weighted by atomic mass is 16.6. The zero-order valence-electron chi connectivity index (χ0n) is 7.29. The van der Waals surface area contributed by atoms with Crippen molar-refractivity contribution >= 4 is 5.82 Å². The fourth-order valence-electron chi connectivity index (χ4n) is 1.62. The molecule has 0 amide bonds. The van der Waals surface area contributed by atoms with E-state index in [-0.39, 0.29) is 0 Å². The smallest absolute Gasteiger partial charge is 0.196 e. The average Bonchev–Trinajstić information content (AvgIpc) is 2.53. The highest BCUT2D eigenvalue weighted by Gasteiger charge is 2.16. The average molecular weight is 167 g/mol. The molecule has 1 aromatic rings. The van der Waals surface area contributed by atoms with E-state index < -0.39 is 0 Å². The van der Waals surface area contributed by atoms with E-state index >= 15 is 0 Å². The molecule has 2 heterocycles. The van der Waals surface area contributed by atoms with E-state index in [1.165, 1.54) is 19.3 Å². The van der Waals surface area contributed by atoms with Gasteiger partial charge in [0.25, 0.3) is 0 Å². The van der Waals surface area contributed by atoms with Gasteiger partial charge in [0.05, 0.1) is 0 Å². The Kier molecular flexibility index (Phi) is 1.98. The number of hydrogen-bond acceptors (Lipinski definition) is 4. The van der Waals surface area contributed by atoms with Gasteiger partial charge >= 0.3 is 0 Å². The van der Waals surface area contributed by atoms with E-state index in [1.54, 1.807) is 0 Å². The molecular formula is C8H13N3O. The highest BCUT2D eigenvalue weighted by Crippen LogP contribution is 2.19. The number of hydrogen-bond donors (Lipinski definition) is 0. The molecule has 0 spiro atoms. The fourth-order valence-corrected chi connectivity index (χ4v) is 1.62. The molecule has 0 N–H and O–H groups in total. The quantitative estimate of drug-likeness (QED) is 0.633. The van der Waals surface area contributed by atoms with Gasteiger partial charge in [-0.25, -0.2) is 4.63 Å². The second-order valence-electron chi connectivity index (χ2n) is 3.22. The van der Waals surface area contributed by atoms with E-state index in [0.29, 0.717) is 0 Å². The number of piperidine rings is 1. The fraction of sp³-hybridized carbons (Fsp3) is 0.750. The lowest BCUT2D eigenvalue weighted by Gasteiger charge is -2.25. The van der Waals surface area contributed by atoms with Gasteiger partial charge in [-0.15, -0.1) is 0 Å². The van der Waals surface area contributed by atoms with Gasteiger partial charge in [-0.1, -0.05) is 5.16 Å². The topological polar surface area (TPSA) is 42.2 Å². The van der Waals surface area contributed by atoms with Crippen LogP contribution in [-0.2, 0) is 0 Å². The van der Waals surface area contributed by atoms with Crippen LogP contribution in [0.5, 0.6) is 0 Å². The summed E-state index contributed by atoms with van der Waals surface area (Å²) < 4.78 is 4.66. The minimum absolute atomic E-state index is 0.900. The van der Waals surface area contributed by atoms with Gasteiger partial charge in [-0.2, -0.15) is 0 Å². The van der Waals surface area contributed by atoms with E-state index in [1.807, 2.05) is 6.92 Å². The molecule has 12 heavy (non-hydrogen) atoms. The van der Waals surface area contributed by atoms with Crippen molar-refractivity contribution in [1.82, 2.24) is 10.3 Å². The van der Waals surface area contributed by atoms with Crippen molar-refractivity contribution in [2.24, 2.45) is 0 Å². The molecule has 2 rings (SSSR count). The van der Waals surface area contributed by atoms with E-state index in [9.17, 15) is 0 Å². The van der Waals surface area contributed by atoms with Crippen molar-refractivity contribution in [1.29, 1.82) is 0 Å². The van der Waals surface area contributed by atoms with Crippen LogP contribution in [0.1, 0.15) is 25.0 Å². The molecule has 0 saturated carbocycles. The molecule has 0 unspecified atom stereocenters. The third-order valence-corrected chi connectivity index (χ3v) is 2.28. The van der Waals surface area contributed by atoms with Crippen LogP contribution in [0, 0.1) is 6.92 Å². The Morgan fingerprint density at radius 2 is 1.92 bits per heavy atom. The molecule has 0 radical (unpaired) electrons. The van der Waals surface area contributed by atoms with Gasteiger partial charge in [0, 0.05) is 13.1 Å². The third-order valence-electron chi connectivity index (χ3n) is 2.28. The van der Waals surface area contributed by atoms with Gasteiger partial charge in [-0.05, 0) is 31.3 Å². The minimum atomic E-state index is 0.900. The largest absolute Gasteiger partial charge is 0.352 e. The van der Waals surface area contributed by atoms with Gasteiger partial charge in [0.15, 0.2) is 5.82 Å². The molecule has 4 heteroatoms. The maximum atomic E-state index is 4.66. The van der Waals surface area contributed by atoms with Crippen molar-refractivity contribution in [3.05, 3.63) is 5.69 Å². The van der Waals surface area contributed by atoms with Crippen molar-refractivity contribution in [2.45, 2.75) is 26.2 Å². The molecular weight excluding hydrogens is 154 g/mol. The summed E-state index contributed by atoms with van der Waals surface area (Å²) in [5, 5.41) is 7.64. The summed E-state index contributed by atoms with van der Waals surface area (Å²) in [5.74, 6) is 0.926. The Bertz CT molecular complexity index is 253. The molecule has 4 nitrogen and oxygen atoms in total. The maximum absolute atomic E-state index is 4.66. The first-order valence-electron chi connectivity index (χ1n) is 4.42. The lowest BCUT2D eigenvalue weighted by Crippen LogP contribution is -2.30. The zero-order chi connectivity index (χ0) is 8.39. The van der Waals surface area contributed by atoms with Gasteiger partial charge in [0.2, 0.25) is 0 Å². The minimum Gasteiger partial charge on any atom is -0.352 e. The second kappa shape index (κ2) is 3.13. The predicted octanol–water partition coefficient (Wildman–Crippen LogP) is 1.37. The summed E-state index contributed by atoms with van der Waals surface area (Å²) in [4.78, 5) is 2.25. The summed E-state index contributed by atoms with van der Waals surface area (Å²) >= 11 is 0. The Hall–Kier alpha value is -1.06. The molecule has 66 valence electrons. The lowest BCUT2D eigenvalue weighted by molar-refractivity contribution is 0.304. The van der Waals surface area contributed by atoms with Crippen molar-refractivity contribution in [2.75, 3.05) is 18.0 Å². The van der Waals surface area contributed by atoms with E-state index in [0.717, 1.165) is 24.6 Å². The lowest BCUT2D eigenvalue weighted by atomic mass is 10.1. The van der Waals surface area contributed by atoms with Crippen LogP contribution in [0.3, 0.4) is 0 Å². The summed E-state index contributed by atoms with van der Waals surface area (Å²) in [6.45, 7) is 4.12. The summed E-state index contributed by atoms with van der Waals surface area (Å²) in [6, 6.07) is 0. The predicted molar refractivity (Wildman–Crippen MR) is 45.1 cm³/mol. The highest BCUT2D eigenvalue weighted by molar-refractivity contribution is 5.40. The summed E-state index contributed by atoms with van der Waals surface area (Å²) in [6.07, 6.45) is 3.85. The number of anilines is 1. The normalized spacial score (nSPS) is 18.2. The van der Waals surface area contributed by atoms with Crippen LogP contribution in [0.25, 0.3) is 0 Å². The first-order chi connectivity index (χ1) is 5.88. The van der Waals surface area contributed by atoms with Crippen molar-refractivity contribution in [3.63, 3.8) is 0 Å². The Morgan fingerprint density at radius 3 is 2.50 bits per heavy atom. The third kappa shape index (κ3) is 1.29. The van der Waals surface area contributed by atoms with Crippen LogP contribution in [-0.4, -0.2) is 23.4 Å². The van der Waals surface area contributed by atoms with Crippen LogP contribution in [0.15, 0.2) is 4.63 Å². The molecule has 0 bridgehead atoms. The molecule has 1 saturated heterocycles. The Labute approximate surface area is 71.5 Å². The van der Waals surface area contributed by atoms with Crippen LogP contribution < -0.4 is 4.90 Å². The summed E-state index contributed by atoms with van der Waals surface area (Å²) in [7, 11) is 0. The first-order valence-corrected chi connectivity index (χ1v) is 4.42. The molecule has 0 aromatic carbocycles. The number of nitrogens with zero attached hydrogens (tertiary/aromatic N) is 3. The van der Waals surface area contributed by atoms with Crippen LogP contribution in [0.4, 0.5) is 5.82 Å². The molecule has 1 aliphatic heterocycles. The molecule has 0 atom stereocenters. The van der Waals surface area contributed by atoms with Gasteiger partial charge in [0.1, 0.15) is 5.69 Å². The monoisotopic (exact) mass is 167 g/mol. The van der Waals surface area contributed by atoms with Crippen molar-refractivity contribution in [3.8, 4) is 0 Å². The molecule has 0 aliphatic carbocycles. The number of rotatable bonds is 1. The zero-order valence-corrected chi connectivity index (χ0v) is 7.29. The standard InChI is InChI=1S/C8H13N3O/c1-7-8(10-12-9-7)11-5-3-2-4-6-11/h2-6H2,1H3. The SMILES string of the molecule is Cc1nonc1N1CCCCC1. The Morgan fingerprint density at radius 1 is 1.17 bits per heavy atom. The second-order valence-corrected chi connectivity index (χ2v) is 3.22. The van der Waals surface area contributed by atoms with Gasteiger partial charge < -0.3 is 4.90 Å². The number of aryl methyl sites for hydroxylation is 1. The van der Waals surface area contributed by atoms with Crippen LogP contribution in [0.2, 0.25) is 0 Å². The van der Waals surface area contributed by atoms with E-state index in [2.05, 4.69) is 19.8 Å². The first kappa shape index (κ1) is 7.58. The van der Waals surface area contributed by atoms with E-state index in [4.69, 9.17) is 0 Å². The molecule has 1 aliphatic rings. The number of aromatic nitrogens is 2. The molecule has 1 fully saturated rings. The Balaban J connectivity index is 2.13. The van der Waals surface area contributed by atoms with Crippen LogP contribution >= 0.6 is 0 Å². The molecule has 1 aromatic heterocycles. The summed E-state index contributed by atoms with van der Waals surface area (Å²) in [5.41, 5.74) is 0.900. The maximum Gasteiger partial charge on any atom is 0.196 e. The van der Waals surface area contributed by atoms with Gasteiger partial charge in [-0.3, -0.25) is 0 Å². The van der Waals surface area contributed by atoms with Crippen molar-refractivity contribution < 1.29 is 4.63 Å².